The van der Waals surface area contributed by atoms with Gasteiger partial charge in [-0.1, -0.05) is 0 Å². The maximum absolute atomic E-state index is 3.50. The first-order chi connectivity index (χ1) is 7.16. The summed E-state index contributed by atoms with van der Waals surface area (Å²) in [6.07, 6.45) is 0. The topological polar surface area (TPSA) is 15.3 Å². The van der Waals surface area contributed by atoms with Crippen LogP contribution in [0, 0.1) is 3.57 Å². The molecule has 0 spiro atoms. The van der Waals surface area contributed by atoms with Gasteiger partial charge in [-0.2, -0.15) is 0 Å². The van der Waals surface area contributed by atoms with Crippen LogP contribution in [0.2, 0.25) is 0 Å². The van der Waals surface area contributed by atoms with E-state index < -0.39 is 0 Å². The SMILES string of the molecule is CC1CN(c2ccc(I)cc2)C(C)CN1. The summed E-state index contributed by atoms with van der Waals surface area (Å²) >= 11 is 2.35. The highest BCUT2D eigenvalue weighted by molar-refractivity contribution is 14.1. The molecule has 1 aliphatic heterocycles. The quantitative estimate of drug-likeness (QED) is 0.801. The Bertz CT molecular complexity index is 323. The van der Waals surface area contributed by atoms with Gasteiger partial charge in [-0.25, -0.2) is 0 Å². The molecule has 1 N–H and O–H groups in total. The summed E-state index contributed by atoms with van der Waals surface area (Å²) in [5, 5.41) is 3.50. The molecule has 1 aliphatic rings. The van der Waals surface area contributed by atoms with Crippen molar-refractivity contribution < 1.29 is 0 Å². The van der Waals surface area contributed by atoms with Crippen molar-refractivity contribution in [2.45, 2.75) is 25.9 Å². The van der Waals surface area contributed by atoms with E-state index in [1.165, 1.54) is 9.26 Å². The lowest BCUT2D eigenvalue weighted by Crippen LogP contribution is -2.54. The molecule has 1 heterocycles. The van der Waals surface area contributed by atoms with E-state index in [1.54, 1.807) is 0 Å². The molecule has 2 atom stereocenters. The van der Waals surface area contributed by atoms with Crippen molar-refractivity contribution in [1.82, 2.24) is 5.32 Å². The molecule has 2 unspecified atom stereocenters. The van der Waals surface area contributed by atoms with E-state index in [4.69, 9.17) is 0 Å². The highest BCUT2D eigenvalue weighted by Crippen LogP contribution is 2.20. The Morgan fingerprint density at radius 1 is 1.27 bits per heavy atom. The van der Waals surface area contributed by atoms with Crippen molar-refractivity contribution >= 4 is 28.3 Å². The normalized spacial score (nSPS) is 26.7. The molecule has 82 valence electrons. The van der Waals surface area contributed by atoms with Crippen LogP contribution in [-0.2, 0) is 0 Å². The molecule has 2 rings (SSSR count). The van der Waals surface area contributed by atoms with E-state index in [-0.39, 0.29) is 0 Å². The zero-order valence-corrected chi connectivity index (χ0v) is 11.4. The van der Waals surface area contributed by atoms with Gasteiger partial charge in [-0.05, 0) is 60.7 Å². The number of halogens is 1. The summed E-state index contributed by atoms with van der Waals surface area (Å²) in [5.41, 5.74) is 1.34. The lowest BCUT2D eigenvalue weighted by Gasteiger charge is -2.39. The molecule has 0 aromatic heterocycles. The number of benzene rings is 1. The van der Waals surface area contributed by atoms with Gasteiger partial charge >= 0.3 is 0 Å². The van der Waals surface area contributed by atoms with E-state index in [0.29, 0.717) is 12.1 Å². The molecule has 1 saturated heterocycles. The van der Waals surface area contributed by atoms with E-state index in [1.807, 2.05) is 0 Å². The van der Waals surface area contributed by atoms with Crippen LogP contribution in [0.25, 0.3) is 0 Å². The summed E-state index contributed by atoms with van der Waals surface area (Å²) in [5.74, 6) is 0. The number of anilines is 1. The number of hydrogen-bond donors (Lipinski definition) is 1. The van der Waals surface area contributed by atoms with Gasteiger partial charge in [0.15, 0.2) is 0 Å². The second-order valence-electron chi connectivity index (χ2n) is 4.29. The molecule has 0 radical (unpaired) electrons. The van der Waals surface area contributed by atoms with Crippen LogP contribution in [0.4, 0.5) is 5.69 Å². The highest BCUT2D eigenvalue weighted by Gasteiger charge is 2.22. The predicted octanol–water partition coefficient (Wildman–Crippen LogP) is 2.48. The second-order valence-corrected chi connectivity index (χ2v) is 5.53. The minimum atomic E-state index is 0.584. The summed E-state index contributed by atoms with van der Waals surface area (Å²) in [6, 6.07) is 9.96. The third-order valence-electron chi connectivity index (χ3n) is 2.92. The van der Waals surface area contributed by atoms with Crippen molar-refractivity contribution in [3.63, 3.8) is 0 Å². The maximum Gasteiger partial charge on any atom is 0.0387 e. The molecule has 0 amide bonds. The summed E-state index contributed by atoms with van der Waals surface area (Å²) in [6.45, 7) is 6.69. The van der Waals surface area contributed by atoms with Crippen molar-refractivity contribution in [3.8, 4) is 0 Å². The molecule has 1 aromatic rings. The van der Waals surface area contributed by atoms with Gasteiger partial charge in [-0.3, -0.25) is 0 Å². The Morgan fingerprint density at radius 3 is 2.60 bits per heavy atom. The van der Waals surface area contributed by atoms with E-state index in [9.17, 15) is 0 Å². The average Bonchev–Trinajstić information content (AvgIpc) is 2.23. The zero-order valence-electron chi connectivity index (χ0n) is 9.20. The van der Waals surface area contributed by atoms with E-state index >= 15 is 0 Å². The van der Waals surface area contributed by atoms with E-state index in [0.717, 1.165) is 13.1 Å². The third-order valence-corrected chi connectivity index (χ3v) is 3.64. The molecule has 15 heavy (non-hydrogen) atoms. The summed E-state index contributed by atoms with van der Waals surface area (Å²) < 4.78 is 1.30. The molecule has 0 bridgehead atoms. The van der Waals surface area contributed by atoms with Gasteiger partial charge in [-0.15, -0.1) is 0 Å². The highest BCUT2D eigenvalue weighted by atomic mass is 127. The van der Waals surface area contributed by atoms with Gasteiger partial charge < -0.3 is 10.2 Å². The summed E-state index contributed by atoms with van der Waals surface area (Å²) in [7, 11) is 0. The van der Waals surface area contributed by atoms with Gasteiger partial charge in [0.05, 0.1) is 0 Å². The Morgan fingerprint density at radius 2 is 1.93 bits per heavy atom. The van der Waals surface area contributed by atoms with Crippen LogP contribution in [0.5, 0.6) is 0 Å². The third kappa shape index (κ3) is 2.64. The fourth-order valence-electron chi connectivity index (χ4n) is 2.01. The predicted molar refractivity (Wildman–Crippen MR) is 73.4 cm³/mol. The number of nitrogens with zero attached hydrogens (tertiary/aromatic N) is 1. The van der Waals surface area contributed by atoms with Crippen LogP contribution < -0.4 is 10.2 Å². The van der Waals surface area contributed by atoms with Crippen LogP contribution >= 0.6 is 22.6 Å². The first kappa shape index (κ1) is 11.2. The monoisotopic (exact) mass is 316 g/mol. The molecule has 0 aliphatic carbocycles. The number of rotatable bonds is 1. The Labute approximate surface area is 105 Å². The molecule has 0 saturated carbocycles. The zero-order chi connectivity index (χ0) is 10.8. The van der Waals surface area contributed by atoms with Crippen LogP contribution in [-0.4, -0.2) is 25.2 Å². The molecule has 3 heteroatoms. The van der Waals surface area contributed by atoms with Gasteiger partial charge in [0.1, 0.15) is 0 Å². The molecule has 1 aromatic carbocycles. The fourth-order valence-corrected chi connectivity index (χ4v) is 2.37. The Kier molecular flexibility index (Phi) is 3.51. The van der Waals surface area contributed by atoms with Crippen LogP contribution in [0.15, 0.2) is 24.3 Å². The first-order valence-electron chi connectivity index (χ1n) is 5.42. The molecule has 1 fully saturated rings. The largest absolute Gasteiger partial charge is 0.366 e. The minimum absolute atomic E-state index is 0.584. The van der Waals surface area contributed by atoms with Crippen LogP contribution in [0.3, 0.4) is 0 Å². The average molecular weight is 316 g/mol. The van der Waals surface area contributed by atoms with Crippen molar-refractivity contribution in [2.75, 3.05) is 18.0 Å². The Hall–Kier alpha value is -0.290. The second kappa shape index (κ2) is 4.70. The number of piperazine rings is 1. The van der Waals surface area contributed by atoms with Gasteiger partial charge in [0, 0.05) is 34.4 Å². The maximum atomic E-state index is 3.50. The van der Waals surface area contributed by atoms with Gasteiger partial charge in [0.25, 0.3) is 0 Å². The molecular weight excluding hydrogens is 299 g/mol. The summed E-state index contributed by atoms with van der Waals surface area (Å²) in [4.78, 5) is 2.48. The fraction of sp³-hybridized carbons (Fsp3) is 0.500. The lowest BCUT2D eigenvalue weighted by atomic mass is 10.1. The minimum Gasteiger partial charge on any atom is -0.366 e. The molecular formula is C12H17IN2. The standard InChI is InChI=1S/C12H17IN2/c1-9-8-15(10(2)7-14-9)12-5-3-11(13)4-6-12/h3-6,9-10,14H,7-8H2,1-2H3. The number of hydrogen-bond acceptors (Lipinski definition) is 2. The van der Waals surface area contributed by atoms with Crippen LogP contribution in [0.1, 0.15) is 13.8 Å². The van der Waals surface area contributed by atoms with Crippen molar-refractivity contribution in [2.24, 2.45) is 0 Å². The smallest absolute Gasteiger partial charge is 0.0387 e. The van der Waals surface area contributed by atoms with Crippen molar-refractivity contribution in [1.29, 1.82) is 0 Å². The number of nitrogens with one attached hydrogen (secondary N) is 1. The van der Waals surface area contributed by atoms with Crippen molar-refractivity contribution in [3.05, 3.63) is 27.8 Å². The molecule has 2 nitrogen and oxygen atoms in total. The first-order valence-corrected chi connectivity index (χ1v) is 6.50. The Balaban J connectivity index is 2.17. The lowest BCUT2D eigenvalue weighted by molar-refractivity contribution is 0.425. The van der Waals surface area contributed by atoms with E-state index in [2.05, 4.69) is 70.9 Å². The van der Waals surface area contributed by atoms with Gasteiger partial charge in [0.2, 0.25) is 0 Å².